The first kappa shape index (κ1) is 9.67. The van der Waals surface area contributed by atoms with Gasteiger partial charge in [0.25, 0.3) is 5.24 Å². The number of nitrogens with zero attached hydrogens (tertiary/aromatic N) is 1. The molecule has 1 heterocycles. The van der Waals surface area contributed by atoms with E-state index in [9.17, 15) is 9.59 Å². The van der Waals surface area contributed by atoms with Crippen LogP contribution in [0.4, 0.5) is 0 Å². The van der Waals surface area contributed by atoms with Crippen molar-refractivity contribution in [3.8, 4) is 0 Å². The number of carbonyl (C=O) groups is 2. The van der Waals surface area contributed by atoms with Gasteiger partial charge in [0.2, 0.25) is 0 Å². The molecule has 0 bridgehead atoms. The zero-order chi connectivity index (χ0) is 9.84. The molecule has 0 amide bonds. The Balaban J connectivity index is 3.05. The van der Waals surface area contributed by atoms with Crippen molar-refractivity contribution in [1.82, 2.24) is 4.98 Å². The minimum atomic E-state index is -0.632. The lowest BCUT2D eigenvalue weighted by atomic mass is 10.2. The molecule has 1 aromatic heterocycles. The molecular formula is C8H6ClNO3. The average molecular weight is 200 g/mol. The van der Waals surface area contributed by atoms with Crippen LogP contribution in [0.1, 0.15) is 20.8 Å². The van der Waals surface area contributed by atoms with Gasteiger partial charge in [0.05, 0.1) is 7.11 Å². The summed E-state index contributed by atoms with van der Waals surface area (Å²) in [4.78, 5) is 25.4. The van der Waals surface area contributed by atoms with E-state index in [1.807, 2.05) is 0 Å². The molecule has 68 valence electrons. The second kappa shape index (κ2) is 4.00. The number of rotatable bonds is 2. The molecule has 0 aliphatic carbocycles. The van der Waals surface area contributed by atoms with Gasteiger partial charge in [-0.05, 0) is 23.7 Å². The van der Waals surface area contributed by atoms with Crippen LogP contribution in [-0.2, 0) is 4.74 Å². The monoisotopic (exact) mass is 199 g/mol. The van der Waals surface area contributed by atoms with Crippen molar-refractivity contribution in [2.45, 2.75) is 0 Å². The van der Waals surface area contributed by atoms with Gasteiger partial charge in [0.15, 0.2) is 0 Å². The molecule has 0 atom stereocenters. The summed E-state index contributed by atoms with van der Waals surface area (Å²) in [6.45, 7) is 0. The molecule has 0 N–H and O–H groups in total. The molecule has 0 spiro atoms. The Morgan fingerprint density at radius 2 is 2.23 bits per heavy atom. The number of esters is 1. The molecule has 0 aliphatic rings. The number of hydrogen-bond donors (Lipinski definition) is 0. The lowest BCUT2D eigenvalue weighted by Crippen LogP contribution is -2.05. The highest BCUT2D eigenvalue weighted by molar-refractivity contribution is 6.67. The number of hydrogen-bond acceptors (Lipinski definition) is 4. The van der Waals surface area contributed by atoms with Gasteiger partial charge in [-0.2, -0.15) is 0 Å². The van der Waals surface area contributed by atoms with Crippen molar-refractivity contribution in [2.75, 3.05) is 7.11 Å². The van der Waals surface area contributed by atoms with E-state index in [-0.39, 0.29) is 11.3 Å². The standard InChI is InChI=1S/C8H6ClNO3/c1-13-8(12)6-4-5(7(9)11)2-3-10-6/h2-4H,1H3. The first-order chi connectivity index (χ1) is 6.15. The average Bonchev–Trinajstić information content (AvgIpc) is 2.17. The Labute approximate surface area is 79.5 Å². The summed E-state index contributed by atoms with van der Waals surface area (Å²) >= 11 is 5.20. The van der Waals surface area contributed by atoms with Crippen molar-refractivity contribution < 1.29 is 14.3 Å². The predicted molar refractivity (Wildman–Crippen MR) is 45.8 cm³/mol. The van der Waals surface area contributed by atoms with Crippen LogP contribution in [0.2, 0.25) is 0 Å². The number of carbonyl (C=O) groups excluding carboxylic acids is 2. The Kier molecular flexibility index (Phi) is 2.97. The molecule has 4 nitrogen and oxygen atoms in total. The summed E-state index contributed by atoms with van der Waals surface area (Å²) in [5.74, 6) is -0.597. The number of aromatic nitrogens is 1. The maximum absolute atomic E-state index is 10.9. The van der Waals surface area contributed by atoms with E-state index in [1.54, 1.807) is 0 Å². The largest absolute Gasteiger partial charge is 0.464 e. The van der Waals surface area contributed by atoms with Crippen LogP contribution in [0.25, 0.3) is 0 Å². The molecule has 1 rings (SSSR count). The molecule has 0 fully saturated rings. The van der Waals surface area contributed by atoms with Crippen LogP contribution in [0.3, 0.4) is 0 Å². The summed E-state index contributed by atoms with van der Waals surface area (Å²) in [5, 5.41) is -0.632. The maximum atomic E-state index is 10.9. The summed E-state index contributed by atoms with van der Waals surface area (Å²) in [7, 11) is 1.24. The van der Waals surface area contributed by atoms with Crippen LogP contribution >= 0.6 is 11.6 Å². The zero-order valence-electron chi connectivity index (χ0n) is 6.78. The van der Waals surface area contributed by atoms with Gasteiger partial charge in [-0.1, -0.05) is 0 Å². The smallest absolute Gasteiger partial charge is 0.356 e. The summed E-state index contributed by atoms with van der Waals surface area (Å²) in [6, 6.07) is 2.70. The minimum Gasteiger partial charge on any atom is -0.464 e. The maximum Gasteiger partial charge on any atom is 0.356 e. The quantitative estimate of drug-likeness (QED) is 0.531. The van der Waals surface area contributed by atoms with Crippen molar-refractivity contribution in [3.63, 3.8) is 0 Å². The summed E-state index contributed by atoms with van der Waals surface area (Å²) < 4.78 is 4.42. The fraction of sp³-hybridized carbons (Fsp3) is 0.125. The lowest BCUT2D eigenvalue weighted by Gasteiger charge is -1.98. The molecule has 0 saturated carbocycles. The fourth-order valence-electron chi connectivity index (χ4n) is 0.769. The first-order valence-electron chi connectivity index (χ1n) is 3.39. The molecule has 0 aliphatic heterocycles. The Morgan fingerprint density at radius 1 is 1.54 bits per heavy atom. The van der Waals surface area contributed by atoms with Crippen LogP contribution < -0.4 is 0 Å². The molecule has 0 saturated heterocycles. The van der Waals surface area contributed by atoms with Crippen molar-refractivity contribution in [2.24, 2.45) is 0 Å². The van der Waals surface area contributed by atoms with Crippen LogP contribution in [0.15, 0.2) is 18.3 Å². The van der Waals surface area contributed by atoms with E-state index in [2.05, 4.69) is 9.72 Å². The van der Waals surface area contributed by atoms with E-state index < -0.39 is 11.2 Å². The Bertz CT molecular complexity index is 351. The topological polar surface area (TPSA) is 56.3 Å². The van der Waals surface area contributed by atoms with Crippen molar-refractivity contribution >= 4 is 22.8 Å². The zero-order valence-corrected chi connectivity index (χ0v) is 7.54. The normalized spacial score (nSPS) is 9.38. The molecule has 0 unspecified atom stereocenters. The lowest BCUT2D eigenvalue weighted by molar-refractivity contribution is 0.0594. The molecule has 5 heteroatoms. The second-order valence-electron chi connectivity index (χ2n) is 2.20. The van der Waals surface area contributed by atoms with Crippen LogP contribution in [0.5, 0.6) is 0 Å². The highest BCUT2D eigenvalue weighted by Crippen LogP contribution is 2.05. The molecule has 0 aromatic carbocycles. The highest BCUT2D eigenvalue weighted by atomic mass is 35.5. The van der Waals surface area contributed by atoms with Gasteiger partial charge >= 0.3 is 5.97 Å². The first-order valence-corrected chi connectivity index (χ1v) is 3.77. The molecule has 13 heavy (non-hydrogen) atoms. The van der Waals surface area contributed by atoms with E-state index >= 15 is 0 Å². The Hall–Kier alpha value is -1.42. The van der Waals surface area contributed by atoms with Gasteiger partial charge in [-0.3, -0.25) is 4.79 Å². The molecular weight excluding hydrogens is 194 g/mol. The van der Waals surface area contributed by atoms with Gasteiger partial charge in [0, 0.05) is 11.8 Å². The predicted octanol–water partition coefficient (Wildman–Crippen LogP) is 1.25. The Morgan fingerprint density at radius 3 is 2.77 bits per heavy atom. The molecule has 1 aromatic rings. The van der Waals surface area contributed by atoms with Crippen molar-refractivity contribution in [1.29, 1.82) is 0 Å². The van der Waals surface area contributed by atoms with Crippen LogP contribution in [0, 0.1) is 0 Å². The van der Waals surface area contributed by atoms with E-state index in [1.165, 1.54) is 25.4 Å². The number of halogens is 1. The van der Waals surface area contributed by atoms with Gasteiger partial charge < -0.3 is 4.74 Å². The summed E-state index contributed by atoms with van der Waals surface area (Å²) in [6.07, 6.45) is 1.32. The SMILES string of the molecule is COC(=O)c1cc(C(=O)Cl)ccn1. The second-order valence-corrected chi connectivity index (χ2v) is 2.54. The highest BCUT2D eigenvalue weighted by Gasteiger charge is 2.09. The van der Waals surface area contributed by atoms with Gasteiger partial charge in [0.1, 0.15) is 5.69 Å². The third-order valence-electron chi connectivity index (χ3n) is 1.38. The third kappa shape index (κ3) is 2.26. The number of methoxy groups -OCH3 is 1. The van der Waals surface area contributed by atoms with E-state index in [0.717, 1.165) is 0 Å². The van der Waals surface area contributed by atoms with Gasteiger partial charge in [-0.15, -0.1) is 0 Å². The van der Waals surface area contributed by atoms with Gasteiger partial charge in [-0.25, -0.2) is 9.78 Å². The van der Waals surface area contributed by atoms with E-state index in [4.69, 9.17) is 11.6 Å². The van der Waals surface area contributed by atoms with Crippen LogP contribution in [-0.4, -0.2) is 23.3 Å². The fourth-order valence-corrected chi connectivity index (χ4v) is 0.887. The van der Waals surface area contributed by atoms with Crippen molar-refractivity contribution in [3.05, 3.63) is 29.6 Å². The third-order valence-corrected chi connectivity index (χ3v) is 1.60. The minimum absolute atomic E-state index is 0.0639. The molecule has 0 radical (unpaired) electrons. The van der Waals surface area contributed by atoms with E-state index in [0.29, 0.717) is 0 Å². The number of ether oxygens (including phenoxy) is 1. The summed E-state index contributed by atoms with van der Waals surface area (Å²) in [5.41, 5.74) is 0.283. The number of pyridine rings is 1.